The molecule has 6 heteroatoms. The molecule has 1 unspecified atom stereocenters. The van der Waals surface area contributed by atoms with E-state index in [2.05, 4.69) is 27.4 Å². The number of hydrogen-bond donors (Lipinski definition) is 2. The number of anilines is 1. The van der Waals surface area contributed by atoms with Gasteiger partial charge < -0.3 is 15.8 Å². The standard InChI is InChI=1S/C23H23FN4O/c24-22-11-14(3-6-27-22)18-10-17(12-28-23(18)25)16-8-15-4-7-29-13-20(15)19(9-16)21-2-1-5-26-21/h3,6,8-12,21,26H,1-2,4-5,7,13H2,(H2,25,28). The minimum Gasteiger partial charge on any atom is -0.383 e. The number of benzene rings is 1. The summed E-state index contributed by atoms with van der Waals surface area (Å²) in [6.07, 6.45) is 6.47. The van der Waals surface area contributed by atoms with E-state index < -0.39 is 5.95 Å². The largest absolute Gasteiger partial charge is 0.383 e. The Hall–Kier alpha value is -2.83. The van der Waals surface area contributed by atoms with Gasteiger partial charge in [-0.3, -0.25) is 0 Å². The monoisotopic (exact) mass is 390 g/mol. The molecule has 2 aliphatic heterocycles. The van der Waals surface area contributed by atoms with Crippen LogP contribution in [0.5, 0.6) is 0 Å². The fourth-order valence-electron chi connectivity index (χ4n) is 4.37. The van der Waals surface area contributed by atoms with Gasteiger partial charge in [0.25, 0.3) is 0 Å². The fourth-order valence-corrected chi connectivity index (χ4v) is 4.37. The van der Waals surface area contributed by atoms with E-state index in [-0.39, 0.29) is 0 Å². The molecule has 0 saturated carbocycles. The molecule has 1 atom stereocenters. The molecule has 5 rings (SSSR count). The number of pyridine rings is 2. The Kier molecular flexibility index (Phi) is 4.73. The third-order valence-corrected chi connectivity index (χ3v) is 5.86. The fraction of sp³-hybridized carbons (Fsp3) is 0.304. The Morgan fingerprint density at radius 2 is 2.03 bits per heavy atom. The molecule has 0 spiro atoms. The van der Waals surface area contributed by atoms with Crippen LogP contribution >= 0.6 is 0 Å². The summed E-state index contributed by atoms with van der Waals surface area (Å²) >= 11 is 0. The van der Waals surface area contributed by atoms with Gasteiger partial charge in [0.15, 0.2) is 0 Å². The quantitative estimate of drug-likeness (QED) is 0.661. The van der Waals surface area contributed by atoms with Gasteiger partial charge in [0.2, 0.25) is 5.95 Å². The van der Waals surface area contributed by atoms with Gasteiger partial charge in [-0.15, -0.1) is 0 Å². The maximum absolute atomic E-state index is 13.6. The summed E-state index contributed by atoms with van der Waals surface area (Å²) in [5, 5.41) is 3.61. The van der Waals surface area contributed by atoms with Crippen molar-refractivity contribution in [1.82, 2.24) is 15.3 Å². The number of nitrogens with zero attached hydrogens (tertiary/aromatic N) is 2. The molecule has 148 valence electrons. The molecule has 29 heavy (non-hydrogen) atoms. The first-order valence-electron chi connectivity index (χ1n) is 10.0. The lowest BCUT2D eigenvalue weighted by Gasteiger charge is -2.25. The van der Waals surface area contributed by atoms with Crippen molar-refractivity contribution >= 4 is 5.82 Å². The average Bonchev–Trinajstić information content (AvgIpc) is 3.28. The van der Waals surface area contributed by atoms with Crippen molar-refractivity contribution in [2.24, 2.45) is 0 Å². The summed E-state index contributed by atoms with van der Waals surface area (Å²) < 4.78 is 19.4. The van der Waals surface area contributed by atoms with Gasteiger partial charge in [-0.05, 0) is 71.8 Å². The number of ether oxygens (including phenoxy) is 1. The lowest BCUT2D eigenvalue weighted by atomic mass is 9.88. The third-order valence-electron chi connectivity index (χ3n) is 5.86. The first-order valence-corrected chi connectivity index (χ1v) is 10.0. The summed E-state index contributed by atoms with van der Waals surface area (Å²) in [5.74, 6) is -0.154. The van der Waals surface area contributed by atoms with Gasteiger partial charge in [0.05, 0.1) is 13.2 Å². The smallest absolute Gasteiger partial charge is 0.213 e. The Labute approximate surface area is 169 Å². The molecular weight excluding hydrogens is 367 g/mol. The van der Waals surface area contributed by atoms with Crippen molar-refractivity contribution in [3.8, 4) is 22.3 Å². The van der Waals surface area contributed by atoms with Gasteiger partial charge in [-0.1, -0.05) is 6.07 Å². The summed E-state index contributed by atoms with van der Waals surface area (Å²) in [5.41, 5.74) is 13.6. The number of nitrogens with two attached hydrogens (primary N) is 1. The molecule has 3 N–H and O–H groups in total. The van der Waals surface area contributed by atoms with E-state index in [0.717, 1.165) is 37.1 Å². The second kappa shape index (κ2) is 7.54. The molecule has 0 radical (unpaired) electrons. The summed E-state index contributed by atoms with van der Waals surface area (Å²) in [7, 11) is 0. The Balaban J connectivity index is 1.62. The normalized spacial score (nSPS) is 18.6. The highest BCUT2D eigenvalue weighted by Gasteiger charge is 2.24. The van der Waals surface area contributed by atoms with E-state index in [1.54, 1.807) is 12.3 Å². The van der Waals surface area contributed by atoms with Crippen LogP contribution in [0.2, 0.25) is 0 Å². The second-order valence-electron chi connectivity index (χ2n) is 7.68. The molecule has 1 aromatic carbocycles. The second-order valence-corrected chi connectivity index (χ2v) is 7.68. The van der Waals surface area contributed by atoms with Crippen LogP contribution in [0.15, 0.2) is 42.7 Å². The maximum atomic E-state index is 13.6. The molecule has 0 amide bonds. The zero-order chi connectivity index (χ0) is 19.8. The van der Waals surface area contributed by atoms with Crippen LogP contribution < -0.4 is 11.1 Å². The number of rotatable bonds is 3. The van der Waals surface area contributed by atoms with Crippen molar-refractivity contribution < 1.29 is 9.13 Å². The highest BCUT2D eigenvalue weighted by molar-refractivity contribution is 5.79. The molecular formula is C23H23FN4O. The van der Waals surface area contributed by atoms with E-state index in [1.165, 1.54) is 35.4 Å². The molecule has 1 fully saturated rings. The number of fused-ring (bicyclic) bond motifs is 1. The zero-order valence-electron chi connectivity index (χ0n) is 16.1. The van der Waals surface area contributed by atoms with Crippen LogP contribution in [0, 0.1) is 5.95 Å². The van der Waals surface area contributed by atoms with E-state index in [4.69, 9.17) is 10.5 Å². The van der Waals surface area contributed by atoms with Crippen LogP contribution in [-0.4, -0.2) is 23.1 Å². The van der Waals surface area contributed by atoms with Crippen molar-refractivity contribution in [3.63, 3.8) is 0 Å². The maximum Gasteiger partial charge on any atom is 0.213 e. The molecule has 0 aliphatic carbocycles. The molecule has 3 aromatic rings. The molecule has 0 bridgehead atoms. The van der Waals surface area contributed by atoms with E-state index >= 15 is 0 Å². The topological polar surface area (TPSA) is 73.1 Å². The zero-order valence-corrected chi connectivity index (χ0v) is 16.1. The number of hydrogen-bond acceptors (Lipinski definition) is 5. The molecule has 4 heterocycles. The van der Waals surface area contributed by atoms with E-state index in [0.29, 0.717) is 29.6 Å². The summed E-state index contributed by atoms with van der Waals surface area (Å²) in [6, 6.07) is 9.97. The third kappa shape index (κ3) is 3.50. The van der Waals surface area contributed by atoms with E-state index in [1.807, 2.05) is 6.07 Å². The van der Waals surface area contributed by atoms with E-state index in [9.17, 15) is 4.39 Å². The minimum atomic E-state index is -0.532. The van der Waals surface area contributed by atoms with Crippen molar-refractivity contribution in [2.45, 2.75) is 31.9 Å². The highest BCUT2D eigenvalue weighted by atomic mass is 19.1. The molecule has 2 aromatic heterocycles. The van der Waals surface area contributed by atoms with Crippen LogP contribution in [-0.2, 0) is 17.8 Å². The summed E-state index contributed by atoms with van der Waals surface area (Å²) in [6.45, 7) is 2.46. The highest BCUT2D eigenvalue weighted by Crippen LogP contribution is 2.36. The van der Waals surface area contributed by atoms with Gasteiger partial charge in [0, 0.05) is 35.6 Å². The predicted octanol–water partition coefficient (Wildman–Crippen LogP) is 4.03. The lowest BCUT2D eigenvalue weighted by Crippen LogP contribution is -2.19. The Bertz CT molecular complexity index is 1060. The Morgan fingerprint density at radius 1 is 1.10 bits per heavy atom. The Morgan fingerprint density at radius 3 is 2.86 bits per heavy atom. The summed E-state index contributed by atoms with van der Waals surface area (Å²) in [4.78, 5) is 8.03. The van der Waals surface area contributed by atoms with Crippen LogP contribution in [0.3, 0.4) is 0 Å². The van der Waals surface area contributed by atoms with Crippen LogP contribution in [0.25, 0.3) is 22.3 Å². The van der Waals surface area contributed by atoms with Gasteiger partial charge in [-0.2, -0.15) is 4.39 Å². The van der Waals surface area contributed by atoms with Crippen molar-refractivity contribution in [3.05, 3.63) is 65.4 Å². The predicted molar refractivity (Wildman–Crippen MR) is 111 cm³/mol. The number of nitrogens with one attached hydrogen (secondary N) is 1. The number of halogens is 1. The lowest BCUT2D eigenvalue weighted by molar-refractivity contribution is 0.109. The number of aromatic nitrogens is 2. The average molecular weight is 390 g/mol. The first kappa shape index (κ1) is 18.2. The molecule has 2 aliphatic rings. The van der Waals surface area contributed by atoms with Crippen LogP contribution in [0.4, 0.5) is 10.2 Å². The van der Waals surface area contributed by atoms with Gasteiger partial charge in [0.1, 0.15) is 5.82 Å². The first-order chi connectivity index (χ1) is 14.2. The molecule has 1 saturated heterocycles. The minimum absolute atomic E-state index is 0.362. The molecule has 5 nitrogen and oxygen atoms in total. The van der Waals surface area contributed by atoms with Gasteiger partial charge in [-0.25, -0.2) is 9.97 Å². The van der Waals surface area contributed by atoms with Gasteiger partial charge >= 0.3 is 0 Å². The SMILES string of the molecule is Nc1ncc(-c2cc3c(c(C4CCCN4)c2)COCC3)cc1-c1ccnc(F)c1. The van der Waals surface area contributed by atoms with Crippen molar-refractivity contribution in [2.75, 3.05) is 18.9 Å². The van der Waals surface area contributed by atoms with Crippen molar-refractivity contribution in [1.29, 1.82) is 0 Å². The van der Waals surface area contributed by atoms with Crippen LogP contribution in [0.1, 0.15) is 35.6 Å². The number of nitrogen functional groups attached to an aromatic ring is 1.